The number of hydrogen-bond donors (Lipinski definition) is 1. The number of nitriles is 1. The Bertz CT molecular complexity index is 1190. The number of rotatable bonds is 4. The van der Waals surface area contributed by atoms with Gasteiger partial charge < -0.3 is 4.98 Å². The Balaban J connectivity index is 1.66. The zero-order valence-corrected chi connectivity index (χ0v) is 16.1. The minimum absolute atomic E-state index is 0.318. The molecule has 0 aliphatic carbocycles. The summed E-state index contributed by atoms with van der Waals surface area (Å²) in [7, 11) is 0. The molecule has 4 rings (SSSR count). The first kappa shape index (κ1) is 17.7. The van der Waals surface area contributed by atoms with E-state index in [1.165, 1.54) is 11.3 Å². The lowest BCUT2D eigenvalue weighted by molar-refractivity contribution is 0.0975. The van der Waals surface area contributed by atoms with E-state index in [1.54, 1.807) is 36.4 Å². The molecule has 27 heavy (non-hydrogen) atoms. The van der Waals surface area contributed by atoms with Gasteiger partial charge in [0.25, 0.3) is 0 Å². The van der Waals surface area contributed by atoms with E-state index < -0.39 is 5.92 Å². The second-order valence-electron chi connectivity index (χ2n) is 5.92. The Hall–Kier alpha value is -2.65. The van der Waals surface area contributed by atoms with Crippen molar-refractivity contribution in [2.75, 3.05) is 0 Å². The molecule has 1 N–H and O–H groups in total. The van der Waals surface area contributed by atoms with Gasteiger partial charge in [0.15, 0.2) is 5.92 Å². The largest absolute Gasteiger partial charge is 0.352 e. The molecule has 0 fully saturated rings. The molecular formula is C20H11Cl2N3OS. The zero-order valence-electron chi connectivity index (χ0n) is 13.7. The molecule has 4 aromatic rings. The van der Waals surface area contributed by atoms with Crippen LogP contribution >= 0.6 is 34.5 Å². The highest BCUT2D eigenvalue weighted by Crippen LogP contribution is 2.30. The Morgan fingerprint density at radius 3 is 2.59 bits per heavy atom. The molecule has 2 aromatic carbocycles. The van der Waals surface area contributed by atoms with Gasteiger partial charge in [0, 0.05) is 31.9 Å². The van der Waals surface area contributed by atoms with Gasteiger partial charge in [-0.25, -0.2) is 4.98 Å². The van der Waals surface area contributed by atoms with Crippen molar-refractivity contribution < 1.29 is 4.79 Å². The molecule has 132 valence electrons. The summed E-state index contributed by atoms with van der Waals surface area (Å²) in [5.41, 5.74) is 2.75. The SMILES string of the molecule is N#C[C@H](C(=O)c1cc2cc(Cl)ccc2[nH]1)c1nc(-c2ccc(Cl)cc2)cs1. The average Bonchev–Trinajstić information content (AvgIpc) is 3.30. The first-order valence-electron chi connectivity index (χ1n) is 7.98. The van der Waals surface area contributed by atoms with Crippen LogP contribution in [0.1, 0.15) is 21.4 Å². The van der Waals surface area contributed by atoms with Crippen LogP contribution in [0, 0.1) is 11.3 Å². The first-order chi connectivity index (χ1) is 13.0. The van der Waals surface area contributed by atoms with Gasteiger partial charge in [-0.05, 0) is 36.4 Å². The number of hydrogen-bond acceptors (Lipinski definition) is 4. The maximum Gasteiger partial charge on any atom is 0.203 e. The van der Waals surface area contributed by atoms with Crippen molar-refractivity contribution >= 4 is 51.2 Å². The average molecular weight is 412 g/mol. The van der Waals surface area contributed by atoms with E-state index >= 15 is 0 Å². The summed E-state index contributed by atoms with van der Waals surface area (Å²) in [6.07, 6.45) is 0. The zero-order chi connectivity index (χ0) is 19.0. The Morgan fingerprint density at radius 1 is 1.11 bits per heavy atom. The van der Waals surface area contributed by atoms with E-state index in [0.29, 0.717) is 26.4 Å². The van der Waals surface area contributed by atoms with E-state index in [1.807, 2.05) is 17.5 Å². The van der Waals surface area contributed by atoms with Crippen molar-refractivity contribution in [1.29, 1.82) is 5.26 Å². The normalized spacial score (nSPS) is 12.0. The Labute approximate surface area is 169 Å². The molecule has 1 atom stereocenters. The number of H-pyrrole nitrogens is 1. The molecule has 0 bridgehead atoms. The first-order valence-corrected chi connectivity index (χ1v) is 9.62. The number of nitrogens with one attached hydrogen (secondary N) is 1. The van der Waals surface area contributed by atoms with Crippen LogP contribution in [0.25, 0.3) is 22.2 Å². The fourth-order valence-electron chi connectivity index (χ4n) is 2.79. The number of aromatic nitrogens is 2. The number of halogens is 2. The van der Waals surface area contributed by atoms with E-state index in [-0.39, 0.29) is 5.78 Å². The predicted molar refractivity (Wildman–Crippen MR) is 109 cm³/mol. The molecular weight excluding hydrogens is 401 g/mol. The van der Waals surface area contributed by atoms with Crippen LogP contribution in [0.15, 0.2) is 53.9 Å². The molecule has 0 saturated heterocycles. The van der Waals surface area contributed by atoms with Crippen molar-refractivity contribution in [3.63, 3.8) is 0 Å². The van der Waals surface area contributed by atoms with E-state index in [4.69, 9.17) is 23.2 Å². The van der Waals surface area contributed by atoms with Gasteiger partial charge in [0.05, 0.1) is 17.5 Å². The number of ketones is 1. The van der Waals surface area contributed by atoms with Crippen LogP contribution in [0.4, 0.5) is 0 Å². The number of carbonyl (C=O) groups is 1. The van der Waals surface area contributed by atoms with E-state index in [9.17, 15) is 10.1 Å². The van der Waals surface area contributed by atoms with Crippen LogP contribution in [0.3, 0.4) is 0 Å². The number of aromatic amines is 1. The van der Waals surface area contributed by atoms with Crippen LogP contribution in [-0.4, -0.2) is 15.8 Å². The number of nitrogens with zero attached hydrogens (tertiary/aromatic N) is 2. The number of carbonyl (C=O) groups excluding carboxylic acids is 1. The highest BCUT2D eigenvalue weighted by Gasteiger charge is 2.26. The molecule has 2 heterocycles. The van der Waals surface area contributed by atoms with Gasteiger partial charge in [0.1, 0.15) is 5.01 Å². The highest BCUT2D eigenvalue weighted by atomic mass is 35.5. The van der Waals surface area contributed by atoms with Crippen LogP contribution in [-0.2, 0) is 0 Å². The van der Waals surface area contributed by atoms with E-state index in [0.717, 1.165) is 16.5 Å². The van der Waals surface area contributed by atoms with Crippen LogP contribution in [0.2, 0.25) is 10.0 Å². The lowest BCUT2D eigenvalue weighted by Gasteiger charge is -2.03. The number of fused-ring (bicyclic) bond motifs is 1. The number of benzene rings is 2. The predicted octanol–water partition coefficient (Wildman–Crippen LogP) is 6.09. The highest BCUT2D eigenvalue weighted by molar-refractivity contribution is 7.10. The molecule has 7 heteroatoms. The molecule has 0 saturated carbocycles. The molecule has 0 aliphatic rings. The third-order valence-electron chi connectivity index (χ3n) is 4.15. The maximum atomic E-state index is 12.9. The Morgan fingerprint density at radius 2 is 1.85 bits per heavy atom. The third kappa shape index (κ3) is 3.47. The third-order valence-corrected chi connectivity index (χ3v) is 5.55. The fourth-order valence-corrected chi connectivity index (χ4v) is 3.97. The lowest BCUT2D eigenvalue weighted by Crippen LogP contribution is -2.11. The summed E-state index contributed by atoms with van der Waals surface area (Å²) in [5.74, 6) is -1.29. The van der Waals surface area contributed by atoms with Crippen molar-refractivity contribution in [1.82, 2.24) is 9.97 Å². The summed E-state index contributed by atoms with van der Waals surface area (Å²) in [6, 6.07) is 16.4. The number of thiazole rings is 1. The van der Waals surface area contributed by atoms with Crippen molar-refractivity contribution in [3.05, 3.63) is 74.7 Å². The van der Waals surface area contributed by atoms with E-state index in [2.05, 4.69) is 16.0 Å². The van der Waals surface area contributed by atoms with Crippen molar-refractivity contribution in [3.8, 4) is 17.3 Å². The minimum Gasteiger partial charge on any atom is -0.352 e. The topological polar surface area (TPSA) is 69.5 Å². The van der Waals surface area contributed by atoms with Gasteiger partial charge in [-0.1, -0.05) is 35.3 Å². The summed E-state index contributed by atoms with van der Waals surface area (Å²) in [6.45, 7) is 0. The molecule has 0 spiro atoms. The second-order valence-corrected chi connectivity index (χ2v) is 7.68. The second kappa shape index (κ2) is 7.16. The summed E-state index contributed by atoms with van der Waals surface area (Å²) < 4.78 is 0. The van der Waals surface area contributed by atoms with Gasteiger partial charge in [0.2, 0.25) is 5.78 Å². The van der Waals surface area contributed by atoms with Crippen molar-refractivity contribution in [2.45, 2.75) is 5.92 Å². The minimum atomic E-state index is -0.973. The standard InChI is InChI=1S/C20H11Cl2N3OS/c21-13-3-1-11(2-4-13)18-10-27-20(25-18)15(9-23)19(26)17-8-12-7-14(22)5-6-16(12)24-17/h1-8,10,15,24H/t15-/m1/s1. The molecule has 2 aromatic heterocycles. The molecule has 0 unspecified atom stereocenters. The van der Waals surface area contributed by atoms with Gasteiger partial charge >= 0.3 is 0 Å². The summed E-state index contributed by atoms with van der Waals surface area (Å²) >= 11 is 13.2. The molecule has 0 aliphatic heterocycles. The lowest BCUT2D eigenvalue weighted by atomic mass is 10.0. The van der Waals surface area contributed by atoms with Gasteiger partial charge in [-0.2, -0.15) is 5.26 Å². The molecule has 0 amide bonds. The number of Topliss-reactive ketones (excluding diaryl/α,β-unsaturated/α-hetero) is 1. The monoisotopic (exact) mass is 411 g/mol. The quantitative estimate of drug-likeness (QED) is 0.413. The summed E-state index contributed by atoms with van der Waals surface area (Å²) in [4.78, 5) is 20.4. The van der Waals surface area contributed by atoms with Crippen LogP contribution in [0.5, 0.6) is 0 Å². The van der Waals surface area contributed by atoms with Gasteiger partial charge in [-0.3, -0.25) is 4.79 Å². The maximum absolute atomic E-state index is 12.9. The van der Waals surface area contributed by atoms with Gasteiger partial charge in [-0.15, -0.1) is 11.3 Å². The van der Waals surface area contributed by atoms with Crippen LogP contribution < -0.4 is 0 Å². The summed E-state index contributed by atoms with van der Waals surface area (Å²) in [5, 5.41) is 13.9. The Kier molecular flexibility index (Phi) is 4.71. The smallest absolute Gasteiger partial charge is 0.203 e. The molecule has 0 radical (unpaired) electrons. The van der Waals surface area contributed by atoms with Crippen molar-refractivity contribution in [2.24, 2.45) is 0 Å². The molecule has 4 nitrogen and oxygen atoms in total. The fraction of sp³-hybridized carbons (Fsp3) is 0.0500.